The zero-order chi connectivity index (χ0) is 23.2. The molecule has 3 N–H and O–H groups in total. The molecule has 4 rings (SSSR count). The number of aryl methyl sites for hydroxylation is 1. The van der Waals surface area contributed by atoms with E-state index in [0.717, 1.165) is 12.0 Å². The van der Waals surface area contributed by atoms with E-state index in [9.17, 15) is 15.0 Å². The second-order valence-electron chi connectivity index (χ2n) is 7.53. The number of hydrogen-bond donors (Lipinski definition) is 3. The number of phenolic OH excluding ortho intramolecular Hbond substituents is 2. The fraction of sp³-hybridized carbons (Fsp3) is 0.154. The number of aromatic hydroxyl groups is 2. The molecule has 3 aromatic carbocycles. The van der Waals surface area contributed by atoms with E-state index in [1.807, 2.05) is 6.07 Å². The summed E-state index contributed by atoms with van der Waals surface area (Å²) in [4.78, 5) is 17.5. The number of carbonyl (C=O) groups is 1. The molecule has 0 aliphatic rings. The molecule has 0 saturated carbocycles. The summed E-state index contributed by atoms with van der Waals surface area (Å²) < 4.78 is 11.1. The average molecular weight is 444 g/mol. The first-order valence-corrected chi connectivity index (χ1v) is 10.5. The minimum atomic E-state index is -0.308. The lowest BCUT2D eigenvalue weighted by molar-refractivity contribution is 0.0949. The monoisotopic (exact) mass is 444 g/mol. The van der Waals surface area contributed by atoms with E-state index < -0.39 is 0 Å². The van der Waals surface area contributed by atoms with E-state index in [1.165, 1.54) is 12.1 Å². The number of rotatable bonds is 7. The minimum absolute atomic E-state index is 0.0609. The molecule has 0 unspecified atom stereocenters. The van der Waals surface area contributed by atoms with Crippen molar-refractivity contribution < 1.29 is 24.2 Å². The molecular weight excluding hydrogens is 420 g/mol. The van der Waals surface area contributed by atoms with Gasteiger partial charge in [-0.05, 0) is 73.0 Å². The minimum Gasteiger partial charge on any atom is -0.508 e. The smallest absolute Gasteiger partial charge is 0.256 e. The molecule has 0 fully saturated rings. The van der Waals surface area contributed by atoms with Crippen LogP contribution in [0.4, 0.5) is 5.69 Å². The van der Waals surface area contributed by atoms with Crippen LogP contribution in [0.2, 0.25) is 0 Å². The van der Waals surface area contributed by atoms with Gasteiger partial charge in [0.05, 0.1) is 12.8 Å². The van der Waals surface area contributed by atoms with Crippen molar-refractivity contribution in [1.82, 2.24) is 5.32 Å². The summed E-state index contributed by atoms with van der Waals surface area (Å²) in [5, 5.41) is 23.0. The zero-order valence-electron chi connectivity index (χ0n) is 18.1. The van der Waals surface area contributed by atoms with Crippen molar-refractivity contribution in [2.24, 2.45) is 4.99 Å². The Kier molecular flexibility index (Phi) is 6.59. The standard InChI is InChI=1S/C26H24N2O5/c1-32-22-11-8-19(9-12-22)28-26-23(15-18-7-10-21(30)16-24(18)33-26)25(31)27-13-3-5-17-4-2-6-20(29)14-17/h2,4,6-12,14-16,29-30H,3,5,13H2,1H3,(H,27,31). The summed E-state index contributed by atoms with van der Waals surface area (Å²) in [5.74, 6) is 0.673. The Morgan fingerprint density at radius 1 is 1.00 bits per heavy atom. The molecule has 7 nitrogen and oxygen atoms in total. The quantitative estimate of drug-likeness (QED) is 0.366. The van der Waals surface area contributed by atoms with Gasteiger partial charge in [0.2, 0.25) is 5.55 Å². The van der Waals surface area contributed by atoms with Crippen LogP contribution in [0.1, 0.15) is 22.3 Å². The van der Waals surface area contributed by atoms with Crippen molar-refractivity contribution >= 4 is 22.6 Å². The predicted octanol–water partition coefficient (Wildman–Crippen LogP) is 4.45. The highest BCUT2D eigenvalue weighted by Gasteiger charge is 2.13. The SMILES string of the molecule is COc1ccc(N=c2oc3cc(O)ccc3cc2C(=O)NCCCc2cccc(O)c2)cc1. The molecule has 7 heteroatoms. The fourth-order valence-corrected chi connectivity index (χ4v) is 3.43. The van der Waals surface area contributed by atoms with Gasteiger partial charge in [-0.2, -0.15) is 0 Å². The molecule has 33 heavy (non-hydrogen) atoms. The largest absolute Gasteiger partial charge is 0.508 e. The van der Waals surface area contributed by atoms with Gasteiger partial charge in [-0.15, -0.1) is 0 Å². The number of ether oxygens (including phenoxy) is 1. The second kappa shape index (κ2) is 9.91. The predicted molar refractivity (Wildman–Crippen MR) is 125 cm³/mol. The van der Waals surface area contributed by atoms with Gasteiger partial charge >= 0.3 is 0 Å². The van der Waals surface area contributed by atoms with Crippen LogP contribution >= 0.6 is 0 Å². The first kappa shape index (κ1) is 22.0. The molecule has 0 spiro atoms. The van der Waals surface area contributed by atoms with Crippen LogP contribution in [-0.2, 0) is 6.42 Å². The molecule has 0 bridgehead atoms. The Morgan fingerprint density at radius 3 is 2.55 bits per heavy atom. The van der Waals surface area contributed by atoms with Gasteiger partial charge in [0.1, 0.15) is 28.4 Å². The Hall–Kier alpha value is -4.26. The normalized spacial score (nSPS) is 11.5. The van der Waals surface area contributed by atoms with Gasteiger partial charge in [0.15, 0.2) is 0 Å². The Balaban J connectivity index is 1.58. The maximum atomic E-state index is 13.0. The van der Waals surface area contributed by atoms with Crippen LogP contribution < -0.4 is 15.6 Å². The highest BCUT2D eigenvalue weighted by molar-refractivity contribution is 5.96. The summed E-state index contributed by atoms with van der Waals surface area (Å²) in [6.45, 7) is 0.448. The number of fused-ring (bicyclic) bond motifs is 1. The van der Waals surface area contributed by atoms with Gasteiger partial charge in [-0.3, -0.25) is 4.79 Å². The fourth-order valence-electron chi connectivity index (χ4n) is 3.43. The molecule has 0 aliphatic heterocycles. The summed E-state index contributed by atoms with van der Waals surface area (Å²) in [5.41, 5.74) is 2.45. The number of methoxy groups -OCH3 is 1. The maximum Gasteiger partial charge on any atom is 0.256 e. The number of benzene rings is 3. The van der Waals surface area contributed by atoms with E-state index in [0.29, 0.717) is 40.9 Å². The van der Waals surface area contributed by atoms with E-state index in [-0.39, 0.29) is 23.0 Å². The Labute approximate surface area is 190 Å². The summed E-state index contributed by atoms with van der Waals surface area (Å²) in [6.07, 6.45) is 1.43. The van der Waals surface area contributed by atoms with Crippen LogP contribution in [0.15, 0.2) is 82.2 Å². The molecule has 1 amide bonds. The van der Waals surface area contributed by atoms with Gasteiger partial charge in [-0.1, -0.05) is 12.1 Å². The summed E-state index contributed by atoms with van der Waals surface area (Å²) in [7, 11) is 1.58. The molecule has 0 saturated heterocycles. The van der Waals surface area contributed by atoms with E-state index in [1.54, 1.807) is 61.7 Å². The van der Waals surface area contributed by atoms with Crippen molar-refractivity contribution in [1.29, 1.82) is 0 Å². The lowest BCUT2D eigenvalue weighted by Gasteiger charge is -2.08. The molecule has 0 atom stereocenters. The topological polar surface area (TPSA) is 104 Å². The van der Waals surface area contributed by atoms with Crippen LogP contribution in [0.3, 0.4) is 0 Å². The number of nitrogens with zero attached hydrogens (tertiary/aromatic N) is 1. The van der Waals surface area contributed by atoms with E-state index in [2.05, 4.69) is 10.3 Å². The maximum absolute atomic E-state index is 13.0. The van der Waals surface area contributed by atoms with Crippen molar-refractivity contribution in [3.05, 3.63) is 89.5 Å². The summed E-state index contributed by atoms with van der Waals surface area (Å²) in [6, 6.07) is 20.5. The first-order valence-electron chi connectivity index (χ1n) is 10.5. The highest BCUT2D eigenvalue weighted by Crippen LogP contribution is 2.21. The molecular formula is C26H24N2O5. The molecule has 168 valence electrons. The van der Waals surface area contributed by atoms with E-state index >= 15 is 0 Å². The number of amides is 1. The zero-order valence-corrected chi connectivity index (χ0v) is 18.1. The average Bonchev–Trinajstić information content (AvgIpc) is 2.82. The molecule has 4 aromatic rings. The number of carbonyl (C=O) groups excluding carboxylic acids is 1. The van der Waals surface area contributed by atoms with Crippen molar-refractivity contribution in [3.8, 4) is 17.2 Å². The molecule has 1 aromatic heterocycles. The van der Waals surface area contributed by atoms with Crippen molar-refractivity contribution in [2.75, 3.05) is 13.7 Å². The van der Waals surface area contributed by atoms with Gasteiger partial charge in [0.25, 0.3) is 5.91 Å². The van der Waals surface area contributed by atoms with Crippen LogP contribution in [0, 0.1) is 0 Å². The lowest BCUT2D eigenvalue weighted by atomic mass is 10.1. The van der Waals surface area contributed by atoms with Gasteiger partial charge < -0.3 is 24.7 Å². The third kappa shape index (κ3) is 5.51. The third-order valence-corrected chi connectivity index (χ3v) is 5.12. The highest BCUT2D eigenvalue weighted by atomic mass is 16.5. The first-order chi connectivity index (χ1) is 16.0. The number of hydrogen-bond acceptors (Lipinski definition) is 6. The van der Waals surface area contributed by atoms with Crippen molar-refractivity contribution in [3.63, 3.8) is 0 Å². The third-order valence-electron chi connectivity index (χ3n) is 5.12. The van der Waals surface area contributed by atoms with Gasteiger partial charge in [0, 0.05) is 18.0 Å². The van der Waals surface area contributed by atoms with Gasteiger partial charge in [-0.25, -0.2) is 4.99 Å². The lowest BCUT2D eigenvalue weighted by Crippen LogP contribution is -2.29. The van der Waals surface area contributed by atoms with E-state index in [4.69, 9.17) is 9.15 Å². The summed E-state index contributed by atoms with van der Waals surface area (Å²) >= 11 is 0. The van der Waals surface area contributed by atoms with Crippen LogP contribution in [-0.4, -0.2) is 29.8 Å². The van der Waals surface area contributed by atoms with Crippen molar-refractivity contribution in [2.45, 2.75) is 12.8 Å². The Morgan fingerprint density at radius 2 is 1.79 bits per heavy atom. The molecule has 1 heterocycles. The van der Waals surface area contributed by atoms with Crippen LogP contribution in [0.5, 0.6) is 17.2 Å². The molecule has 0 aliphatic carbocycles. The second-order valence-corrected chi connectivity index (χ2v) is 7.53. The van der Waals surface area contributed by atoms with Crippen LogP contribution in [0.25, 0.3) is 11.0 Å². The molecule has 0 radical (unpaired) electrons. The number of phenols is 2. The Bertz CT molecular complexity index is 1340. The number of nitrogens with one attached hydrogen (secondary N) is 1.